The summed E-state index contributed by atoms with van der Waals surface area (Å²) < 4.78 is 0. The predicted molar refractivity (Wildman–Crippen MR) is 127 cm³/mol. The van der Waals surface area contributed by atoms with E-state index in [-0.39, 0.29) is 5.54 Å². The molecule has 1 aromatic heterocycles. The van der Waals surface area contributed by atoms with Crippen molar-refractivity contribution in [2.45, 2.75) is 18.9 Å². The Kier molecular flexibility index (Phi) is 3.93. The highest BCUT2D eigenvalue weighted by atomic mass is 15.0. The van der Waals surface area contributed by atoms with Crippen LogP contribution in [0.3, 0.4) is 0 Å². The van der Waals surface area contributed by atoms with Crippen molar-refractivity contribution in [1.82, 2.24) is 10.3 Å². The van der Waals surface area contributed by atoms with Gasteiger partial charge in [0.1, 0.15) is 0 Å². The van der Waals surface area contributed by atoms with Crippen molar-refractivity contribution in [3.05, 3.63) is 118 Å². The number of fused-ring (bicyclic) bond motifs is 6. The minimum absolute atomic E-state index is 0.337. The third kappa shape index (κ3) is 3.36. The van der Waals surface area contributed by atoms with E-state index in [1.807, 2.05) is 6.08 Å². The minimum atomic E-state index is -0.337. The minimum Gasteiger partial charge on any atom is -0.372 e. The molecule has 0 amide bonds. The van der Waals surface area contributed by atoms with E-state index in [0.717, 1.165) is 45.6 Å². The number of hydrogen-bond donors (Lipinski definition) is 2. The van der Waals surface area contributed by atoms with Crippen LogP contribution in [-0.2, 0) is 5.54 Å². The topological polar surface area (TPSA) is 52.5 Å². The predicted octanol–water partition coefficient (Wildman–Crippen LogP) is 3.46. The third-order valence-corrected chi connectivity index (χ3v) is 5.98. The van der Waals surface area contributed by atoms with Gasteiger partial charge in [0.15, 0.2) is 0 Å². The fourth-order valence-electron chi connectivity index (χ4n) is 4.38. The summed E-state index contributed by atoms with van der Waals surface area (Å²) in [6.45, 7) is 2.12. The molecule has 0 fully saturated rings. The van der Waals surface area contributed by atoms with Crippen LogP contribution in [0.4, 0.5) is 0 Å². The van der Waals surface area contributed by atoms with Crippen LogP contribution in [0, 0.1) is 6.92 Å². The lowest BCUT2D eigenvalue weighted by Crippen LogP contribution is -2.35. The van der Waals surface area contributed by atoms with Crippen LogP contribution < -0.4 is 16.0 Å². The highest BCUT2D eigenvalue weighted by Crippen LogP contribution is 2.36. The van der Waals surface area contributed by atoms with Crippen LogP contribution in [0.2, 0.25) is 0 Å². The molecule has 8 bridgehead atoms. The number of benzene rings is 1. The molecule has 0 aliphatic carbocycles. The van der Waals surface area contributed by atoms with E-state index in [4.69, 9.17) is 9.98 Å². The molecule has 0 spiro atoms. The second-order valence-corrected chi connectivity index (χ2v) is 8.36. The van der Waals surface area contributed by atoms with Gasteiger partial charge < -0.3 is 10.3 Å². The monoisotopic (exact) mass is 402 g/mol. The zero-order valence-corrected chi connectivity index (χ0v) is 17.3. The fourth-order valence-corrected chi connectivity index (χ4v) is 4.38. The molecule has 2 N–H and O–H groups in total. The molecule has 1 unspecified atom stereocenters. The molecule has 6 rings (SSSR count). The van der Waals surface area contributed by atoms with E-state index in [1.54, 1.807) is 0 Å². The quantitative estimate of drug-likeness (QED) is 0.754. The van der Waals surface area contributed by atoms with Gasteiger partial charge in [-0.25, -0.2) is 9.98 Å². The first-order chi connectivity index (χ1) is 15.1. The Morgan fingerprint density at radius 2 is 1.45 bits per heavy atom. The first kappa shape index (κ1) is 17.9. The molecule has 5 heterocycles. The summed E-state index contributed by atoms with van der Waals surface area (Å²) in [5.74, 6) is 0. The summed E-state index contributed by atoms with van der Waals surface area (Å²) in [7, 11) is 0. The zero-order valence-electron chi connectivity index (χ0n) is 17.3. The Hall–Kier alpha value is -3.92. The van der Waals surface area contributed by atoms with Crippen LogP contribution in [0.15, 0.2) is 106 Å². The smallest absolute Gasteiger partial charge is 0.0868 e. The average molecular weight is 403 g/mol. The third-order valence-electron chi connectivity index (χ3n) is 5.98. The Labute approximate surface area is 180 Å². The Bertz CT molecular complexity index is 1420. The van der Waals surface area contributed by atoms with Crippen LogP contribution >= 0.6 is 0 Å². The molecule has 150 valence electrons. The van der Waals surface area contributed by atoms with Gasteiger partial charge in [0.25, 0.3) is 0 Å². The van der Waals surface area contributed by atoms with Crippen LogP contribution in [0.1, 0.15) is 17.5 Å². The molecule has 4 aliphatic rings. The second-order valence-electron chi connectivity index (χ2n) is 8.36. The van der Waals surface area contributed by atoms with E-state index >= 15 is 0 Å². The van der Waals surface area contributed by atoms with Crippen molar-refractivity contribution in [3.63, 3.8) is 0 Å². The number of nitrogens with zero attached hydrogens (tertiary/aromatic N) is 2. The van der Waals surface area contributed by atoms with Crippen molar-refractivity contribution >= 4 is 23.6 Å². The molecule has 4 aliphatic heterocycles. The molecule has 31 heavy (non-hydrogen) atoms. The van der Waals surface area contributed by atoms with E-state index in [2.05, 4.69) is 102 Å². The fraction of sp³-hybridized carbons (Fsp3) is 0.111. The van der Waals surface area contributed by atoms with Gasteiger partial charge in [-0.3, -0.25) is 0 Å². The van der Waals surface area contributed by atoms with Gasteiger partial charge in [-0.15, -0.1) is 0 Å². The number of aromatic amines is 1. The number of allylic oxidation sites excluding steroid dienone is 5. The van der Waals surface area contributed by atoms with Crippen LogP contribution in [-0.4, -0.2) is 16.4 Å². The summed E-state index contributed by atoms with van der Waals surface area (Å²) in [5.41, 5.74) is 7.02. The number of aryl methyl sites for hydroxylation is 1. The second kappa shape index (κ2) is 6.81. The molecular formula is C27H22N4. The van der Waals surface area contributed by atoms with E-state index in [0.29, 0.717) is 0 Å². The molecule has 0 saturated carbocycles. The molecule has 1 atom stereocenters. The van der Waals surface area contributed by atoms with E-state index in [1.165, 1.54) is 11.1 Å². The lowest BCUT2D eigenvalue weighted by Gasteiger charge is -2.29. The number of aromatic nitrogens is 1. The Morgan fingerprint density at radius 1 is 0.774 bits per heavy atom. The van der Waals surface area contributed by atoms with Gasteiger partial charge >= 0.3 is 0 Å². The molecule has 4 nitrogen and oxygen atoms in total. The molecule has 1 aromatic carbocycles. The number of nitrogens with one attached hydrogen (secondary N) is 2. The summed E-state index contributed by atoms with van der Waals surface area (Å²) in [6, 6.07) is 12.9. The standard InChI is InChI=1S/C27H22N4/c1-18-2-4-19(5-3-18)27-13-12-25(31-27)16-24-9-8-21(29-24)14-20-6-7-22(28-20)15-23-10-11-26(17-27)30-23/h2-12,14-17,28,31H,13H2,1H3/b20-14-,22-15-,24-16-,26-17-. The van der Waals surface area contributed by atoms with Crippen LogP contribution in [0.25, 0.3) is 12.2 Å². The van der Waals surface area contributed by atoms with Gasteiger partial charge in [0.2, 0.25) is 0 Å². The summed E-state index contributed by atoms with van der Waals surface area (Å²) in [4.78, 5) is 13.1. The van der Waals surface area contributed by atoms with Crippen molar-refractivity contribution in [2.24, 2.45) is 9.98 Å². The largest absolute Gasteiger partial charge is 0.372 e. The highest BCUT2D eigenvalue weighted by molar-refractivity contribution is 6.20. The lowest BCUT2D eigenvalue weighted by molar-refractivity contribution is 0.504. The van der Waals surface area contributed by atoms with Crippen molar-refractivity contribution in [2.75, 3.05) is 0 Å². The summed E-state index contributed by atoms with van der Waals surface area (Å²) >= 11 is 0. The van der Waals surface area contributed by atoms with Gasteiger partial charge in [-0.05, 0) is 79.6 Å². The first-order valence-electron chi connectivity index (χ1n) is 10.6. The van der Waals surface area contributed by atoms with Gasteiger partial charge in [-0.1, -0.05) is 35.9 Å². The number of aliphatic imine (C=N–C) groups is 2. The molecule has 2 aromatic rings. The highest BCUT2D eigenvalue weighted by Gasteiger charge is 2.34. The van der Waals surface area contributed by atoms with Crippen LogP contribution in [0.5, 0.6) is 0 Å². The maximum Gasteiger partial charge on any atom is 0.0868 e. The molecule has 0 saturated heterocycles. The number of hydrogen-bond acceptors (Lipinski definition) is 3. The van der Waals surface area contributed by atoms with Crippen molar-refractivity contribution in [3.8, 4) is 0 Å². The first-order valence-corrected chi connectivity index (χ1v) is 10.6. The maximum atomic E-state index is 4.86. The molecule has 4 heteroatoms. The van der Waals surface area contributed by atoms with Gasteiger partial charge in [0, 0.05) is 16.4 Å². The Morgan fingerprint density at radius 3 is 2.19 bits per heavy atom. The molecular weight excluding hydrogens is 380 g/mol. The van der Waals surface area contributed by atoms with E-state index < -0.39 is 0 Å². The number of H-pyrrole nitrogens is 1. The lowest BCUT2D eigenvalue weighted by atomic mass is 9.87. The Balaban J connectivity index is 1.52. The molecule has 0 radical (unpaired) electrons. The van der Waals surface area contributed by atoms with Crippen molar-refractivity contribution < 1.29 is 0 Å². The summed E-state index contributed by atoms with van der Waals surface area (Å²) in [5, 5.41) is 5.82. The number of rotatable bonds is 1. The summed E-state index contributed by atoms with van der Waals surface area (Å²) in [6.07, 6.45) is 19.9. The van der Waals surface area contributed by atoms with Gasteiger partial charge in [0.05, 0.1) is 28.4 Å². The average Bonchev–Trinajstić information content (AvgIpc) is 3.54. The van der Waals surface area contributed by atoms with E-state index in [9.17, 15) is 0 Å². The maximum absolute atomic E-state index is 4.86. The normalized spacial score (nSPS) is 28.7. The zero-order chi connectivity index (χ0) is 20.8. The van der Waals surface area contributed by atoms with Crippen molar-refractivity contribution in [1.29, 1.82) is 0 Å². The van der Waals surface area contributed by atoms with Gasteiger partial charge in [-0.2, -0.15) is 0 Å². The SMILES string of the molecule is Cc1ccc(C23/C=C4/C=CC(=N4)/C=c4/cc/c([nH]4)=C/C4=NC(=C\C(=CC2)N3)/C=C4)cc1.